The van der Waals surface area contributed by atoms with Gasteiger partial charge in [-0.1, -0.05) is 20.8 Å². The third-order valence-corrected chi connectivity index (χ3v) is 5.34. The number of carbonyl (C=O) groups is 2. The van der Waals surface area contributed by atoms with Crippen LogP contribution in [0.5, 0.6) is 0 Å². The monoisotopic (exact) mass is 342 g/mol. The highest BCUT2D eigenvalue weighted by atomic mass is 16.6. The second-order valence-electron chi connectivity index (χ2n) is 7.70. The van der Waals surface area contributed by atoms with Crippen molar-refractivity contribution in [1.29, 1.82) is 0 Å². The van der Waals surface area contributed by atoms with Crippen LogP contribution in [-0.2, 0) is 23.8 Å². The van der Waals surface area contributed by atoms with Gasteiger partial charge in [-0.3, -0.25) is 9.59 Å². The molecular formula is C18H30O6. The maximum Gasteiger partial charge on any atom is 0.308 e. The number of fused-ring (bicyclic) bond motifs is 2. The number of esters is 1. The summed E-state index contributed by atoms with van der Waals surface area (Å²) in [5.41, 5.74) is -1.42. The highest BCUT2D eigenvalue weighted by Crippen LogP contribution is 2.34. The van der Waals surface area contributed by atoms with E-state index in [0.717, 1.165) is 0 Å². The number of hydrogen-bond acceptors (Lipinski definition) is 6. The van der Waals surface area contributed by atoms with Crippen LogP contribution in [0.1, 0.15) is 47.0 Å². The molecule has 0 amide bonds. The average Bonchev–Trinajstić information content (AvgIpc) is 2.59. The number of aliphatic hydroxyl groups is 1. The number of cyclic esters (lactones) is 1. The van der Waals surface area contributed by atoms with Gasteiger partial charge in [-0.15, -0.1) is 0 Å². The Bertz CT molecular complexity index is 474. The van der Waals surface area contributed by atoms with Crippen LogP contribution in [0, 0.1) is 17.8 Å². The van der Waals surface area contributed by atoms with Crippen molar-refractivity contribution >= 4 is 11.8 Å². The van der Waals surface area contributed by atoms with Crippen LogP contribution in [0.3, 0.4) is 0 Å². The fourth-order valence-electron chi connectivity index (χ4n) is 3.84. The fourth-order valence-corrected chi connectivity index (χ4v) is 3.84. The van der Waals surface area contributed by atoms with Crippen LogP contribution < -0.4 is 0 Å². The quantitative estimate of drug-likeness (QED) is 0.731. The highest BCUT2D eigenvalue weighted by molar-refractivity contribution is 5.83. The van der Waals surface area contributed by atoms with Gasteiger partial charge in [0.2, 0.25) is 0 Å². The SMILES string of the molecule is COC1C[C@@H]2CC(C)C(=O)OC[C@@](C)(O)C(O2)C(C)C(=O)[C@H](C)C1. The van der Waals surface area contributed by atoms with Crippen LogP contribution in [0.15, 0.2) is 0 Å². The van der Waals surface area contributed by atoms with Gasteiger partial charge < -0.3 is 19.3 Å². The highest BCUT2D eigenvalue weighted by Gasteiger charge is 2.46. The number of Topliss-reactive ketones (excluding diaryl/α,β-unsaturated/α-hetero) is 1. The molecule has 2 saturated heterocycles. The summed E-state index contributed by atoms with van der Waals surface area (Å²) in [6.45, 7) is 6.87. The summed E-state index contributed by atoms with van der Waals surface area (Å²) in [4.78, 5) is 24.9. The maximum absolute atomic E-state index is 12.8. The molecule has 1 N–H and O–H groups in total. The Morgan fingerprint density at radius 3 is 2.42 bits per heavy atom. The summed E-state index contributed by atoms with van der Waals surface area (Å²) < 4.78 is 17.0. The first kappa shape index (κ1) is 19.3. The molecule has 2 fully saturated rings. The van der Waals surface area contributed by atoms with E-state index in [1.807, 2.05) is 6.92 Å². The molecule has 0 aromatic rings. The van der Waals surface area contributed by atoms with Gasteiger partial charge in [-0.05, 0) is 26.2 Å². The van der Waals surface area contributed by atoms with Gasteiger partial charge in [0.1, 0.15) is 18.0 Å². The lowest BCUT2D eigenvalue weighted by molar-refractivity contribution is -0.177. The van der Waals surface area contributed by atoms with Gasteiger partial charge in [0.15, 0.2) is 0 Å². The molecule has 0 saturated carbocycles. The van der Waals surface area contributed by atoms with Crippen LogP contribution >= 0.6 is 0 Å². The topological polar surface area (TPSA) is 82.1 Å². The average molecular weight is 342 g/mol. The van der Waals surface area contributed by atoms with Crippen molar-refractivity contribution in [3.63, 3.8) is 0 Å². The fraction of sp³-hybridized carbons (Fsp3) is 0.889. The first-order valence-corrected chi connectivity index (χ1v) is 8.76. The normalized spacial score (nSPS) is 45.1. The summed E-state index contributed by atoms with van der Waals surface area (Å²) in [5, 5.41) is 10.8. The van der Waals surface area contributed by atoms with Gasteiger partial charge in [0.25, 0.3) is 0 Å². The number of ketones is 1. The molecule has 2 bridgehead atoms. The minimum absolute atomic E-state index is 0.0431. The molecule has 0 spiro atoms. The van der Waals surface area contributed by atoms with Crippen molar-refractivity contribution in [2.45, 2.75) is 70.9 Å². The van der Waals surface area contributed by atoms with Crippen molar-refractivity contribution < 1.29 is 28.9 Å². The van der Waals surface area contributed by atoms with Gasteiger partial charge in [-0.25, -0.2) is 0 Å². The Balaban J connectivity index is 2.40. The minimum Gasteiger partial charge on any atom is -0.462 e. The number of rotatable bonds is 1. The van der Waals surface area contributed by atoms with Crippen molar-refractivity contribution in [3.8, 4) is 0 Å². The van der Waals surface area contributed by atoms with Crippen molar-refractivity contribution in [3.05, 3.63) is 0 Å². The molecule has 24 heavy (non-hydrogen) atoms. The van der Waals surface area contributed by atoms with E-state index in [4.69, 9.17) is 14.2 Å². The zero-order valence-corrected chi connectivity index (χ0v) is 15.3. The van der Waals surface area contributed by atoms with E-state index < -0.39 is 17.6 Å². The van der Waals surface area contributed by atoms with Gasteiger partial charge in [0.05, 0.1) is 24.2 Å². The molecule has 2 aliphatic rings. The molecule has 7 atom stereocenters. The van der Waals surface area contributed by atoms with E-state index >= 15 is 0 Å². The predicted octanol–water partition coefficient (Wildman–Crippen LogP) is 1.72. The minimum atomic E-state index is -1.42. The summed E-state index contributed by atoms with van der Waals surface area (Å²) >= 11 is 0. The van der Waals surface area contributed by atoms with Crippen molar-refractivity contribution in [2.75, 3.05) is 13.7 Å². The largest absolute Gasteiger partial charge is 0.462 e. The zero-order valence-electron chi connectivity index (χ0n) is 15.3. The molecule has 0 aromatic heterocycles. The summed E-state index contributed by atoms with van der Waals surface area (Å²) in [7, 11) is 1.63. The second-order valence-corrected chi connectivity index (χ2v) is 7.70. The van der Waals surface area contributed by atoms with E-state index in [9.17, 15) is 14.7 Å². The second kappa shape index (κ2) is 7.50. The molecule has 4 unspecified atom stereocenters. The third-order valence-electron chi connectivity index (χ3n) is 5.34. The lowest BCUT2D eigenvalue weighted by Gasteiger charge is -2.37. The first-order chi connectivity index (χ1) is 11.2. The lowest BCUT2D eigenvalue weighted by Crippen LogP contribution is -2.52. The van der Waals surface area contributed by atoms with Crippen LogP contribution in [-0.4, -0.2) is 54.5 Å². The van der Waals surface area contributed by atoms with Crippen molar-refractivity contribution in [1.82, 2.24) is 0 Å². The molecule has 2 aliphatic heterocycles. The molecule has 6 heteroatoms. The molecule has 0 radical (unpaired) electrons. The van der Waals surface area contributed by atoms with Gasteiger partial charge >= 0.3 is 5.97 Å². The number of hydrogen-bond donors (Lipinski definition) is 1. The van der Waals surface area contributed by atoms with Gasteiger partial charge in [0, 0.05) is 18.9 Å². The zero-order chi connectivity index (χ0) is 18.1. The van der Waals surface area contributed by atoms with E-state index in [-0.39, 0.29) is 42.4 Å². The number of ether oxygens (including phenoxy) is 3. The smallest absolute Gasteiger partial charge is 0.308 e. The van der Waals surface area contributed by atoms with Crippen LogP contribution in [0.4, 0.5) is 0 Å². The molecular weight excluding hydrogens is 312 g/mol. The number of carbonyl (C=O) groups excluding carboxylic acids is 2. The Morgan fingerprint density at radius 1 is 1.12 bits per heavy atom. The molecule has 138 valence electrons. The third kappa shape index (κ3) is 4.16. The van der Waals surface area contributed by atoms with E-state index in [0.29, 0.717) is 19.3 Å². The molecule has 2 rings (SSSR count). The van der Waals surface area contributed by atoms with Crippen LogP contribution in [0.2, 0.25) is 0 Å². The predicted molar refractivity (Wildman–Crippen MR) is 87.4 cm³/mol. The maximum atomic E-state index is 12.8. The summed E-state index contributed by atoms with van der Waals surface area (Å²) in [6, 6.07) is 0. The standard InChI is InChI=1S/C18H30O6/c1-10-6-13(22-5)8-14-7-11(2)17(20)23-9-18(4,21)16(24-14)12(3)15(10)19/h10-14,16,21H,6-9H2,1-5H3/t10-,11?,12?,13?,14+,16?,18-/m1/s1. The molecule has 6 nitrogen and oxygen atoms in total. The Labute approximate surface area is 143 Å². The summed E-state index contributed by atoms with van der Waals surface area (Å²) in [6.07, 6.45) is 0.589. The molecule has 0 aliphatic carbocycles. The Morgan fingerprint density at radius 2 is 1.79 bits per heavy atom. The van der Waals surface area contributed by atoms with E-state index in [2.05, 4.69) is 0 Å². The first-order valence-electron chi connectivity index (χ1n) is 8.76. The summed E-state index contributed by atoms with van der Waals surface area (Å²) in [5.74, 6) is -1.29. The van der Waals surface area contributed by atoms with Gasteiger partial charge in [-0.2, -0.15) is 0 Å². The van der Waals surface area contributed by atoms with E-state index in [1.54, 1.807) is 27.9 Å². The van der Waals surface area contributed by atoms with E-state index in [1.165, 1.54) is 0 Å². The number of methoxy groups -OCH3 is 1. The Hall–Kier alpha value is -0.980. The molecule has 0 aromatic carbocycles. The molecule has 2 heterocycles. The Kier molecular flexibility index (Phi) is 6.04. The van der Waals surface area contributed by atoms with Crippen LogP contribution in [0.25, 0.3) is 0 Å². The lowest BCUT2D eigenvalue weighted by atomic mass is 9.82. The van der Waals surface area contributed by atoms with Crippen molar-refractivity contribution in [2.24, 2.45) is 17.8 Å².